The van der Waals surface area contributed by atoms with Crippen LogP contribution in [0.1, 0.15) is 38.5 Å². The van der Waals surface area contributed by atoms with E-state index in [1.165, 1.54) is 38.2 Å². The molecule has 0 atom stereocenters. The van der Waals surface area contributed by atoms with Gasteiger partial charge in [0.15, 0.2) is 18.1 Å². The molecule has 7 nitrogen and oxygen atoms in total. The number of carbonyl (C=O) groups excluding carboxylic acids is 1. The zero-order chi connectivity index (χ0) is 16.7. The molecule has 0 heterocycles. The lowest BCUT2D eigenvalue weighted by atomic mass is 10.1. The molecule has 2 rings (SSSR count). The molecular formula is C16H22N2O5. The molecule has 1 amide bonds. The predicted molar refractivity (Wildman–Crippen MR) is 84.8 cm³/mol. The molecule has 1 saturated carbocycles. The van der Waals surface area contributed by atoms with Gasteiger partial charge in [0.1, 0.15) is 0 Å². The minimum absolute atomic E-state index is 0.107. The van der Waals surface area contributed by atoms with Crippen LogP contribution in [0.25, 0.3) is 0 Å². The van der Waals surface area contributed by atoms with E-state index in [0.29, 0.717) is 5.75 Å². The third-order valence-corrected chi connectivity index (χ3v) is 3.94. The van der Waals surface area contributed by atoms with Gasteiger partial charge in [-0.3, -0.25) is 14.9 Å². The van der Waals surface area contributed by atoms with Crippen LogP contribution < -0.4 is 14.8 Å². The lowest BCUT2D eigenvalue weighted by Crippen LogP contribution is -2.37. The van der Waals surface area contributed by atoms with Gasteiger partial charge in [-0.05, 0) is 18.9 Å². The van der Waals surface area contributed by atoms with E-state index >= 15 is 0 Å². The lowest BCUT2D eigenvalue weighted by Gasteiger charge is -2.16. The van der Waals surface area contributed by atoms with Crippen LogP contribution in [0.5, 0.6) is 11.5 Å². The van der Waals surface area contributed by atoms with Crippen LogP contribution in [0, 0.1) is 10.1 Å². The van der Waals surface area contributed by atoms with Crippen molar-refractivity contribution in [1.82, 2.24) is 5.32 Å². The number of ether oxygens (including phenoxy) is 2. The van der Waals surface area contributed by atoms with Gasteiger partial charge < -0.3 is 14.8 Å². The molecule has 1 fully saturated rings. The van der Waals surface area contributed by atoms with E-state index < -0.39 is 4.92 Å². The zero-order valence-corrected chi connectivity index (χ0v) is 13.2. The Labute approximate surface area is 135 Å². The van der Waals surface area contributed by atoms with Crippen LogP contribution in [0.3, 0.4) is 0 Å². The van der Waals surface area contributed by atoms with Crippen molar-refractivity contribution in [3.05, 3.63) is 28.3 Å². The van der Waals surface area contributed by atoms with E-state index in [1.54, 1.807) is 0 Å². The number of nitrogens with zero attached hydrogens (tertiary/aromatic N) is 1. The number of carbonyl (C=O) groups is 1. The Morgan fingerprint density at radius 1 is 1.26 bits per heavy atom. The zero-order valence-electron chi connectivity index (χ0n) is 13.2. The number of hydrogen-bond donors (Lipinski definition) is 1. The average molecular weight is 322 g/mol. The van der Waals surface area contributed by atoms with Gasteiger partial charge >= 0.3 is 0 Å². The fraction of sp³-hybridized carbons (Fsp3) is 0.562. The first-order valence-electron chi connectivity index (χ1n) is 7.84. The third-order valence-electron chi connectivity index (χ3n) is 3.94. The van der Waals surface area contributed by atoms with Crippen LogP contribution in [0.2, 0.25) is 0 Å². The maximum absolute atomic E-state index is 12.0. The van der Waals surface area contributed by atoms with Crippen molar-refractivity contribution >= 4 is 11.6 Å². The number of amides is 1. The van der Waals surface area contributed by atoms with E-state index in [-0.39, 0.29) is 30.0 Å². The minimum Gasteiger partial charge on any atom is -0.493 e. The molecule has 0 radical (unpaired) electrons. The number of nitrogens with one attached hydrogen (secondary N) is 1. The van der Waals surface area contributed by atoms with Gasteiger partial charge in [-0.2, -0.15) is 0 Å². The molecule has 23 heavy (non-hydrogen) atoms. The first-order chi connectivity index (χ1) is 11.1. The highest BCUT2D eigenvalue weighted by Crippen LogP contribution is 2.31. The van der Waals surface area contributed by atoms with Crippen LogP contribution in [-0.2, 0) is 4.79 Å². The van der Waals surface area contributed by atoms with Crippen molar-refractivity contribution in [2.45, 2.75) is 44.6 Å². The second-order valence-corrected chi connectivity index (χ2v) is 5.64. The van der Waals surface area contributed by atoms with Crippen LogP contribution in [-0.4, -0.2) is 30.6 Å². The molecule has 1 N–H and O–H groups in total. The fourth-order valence-electron chi connectivity index (χ4n) is 2.73. The standard InChI is InChI=1S/C16H22N2O5/c1-22-14-9-8-13(18(20)21)10-15(14)23-11-16(19)17-12-6-4-2-3-5-7-12/h8-10,12H,2-7,11H2,1H3,(H,17,19). The molecule has 1 aromatic carbocycles. The van der Waals surface area contributed by atoms with E-state index in [9.17, 15) is 14.9 Å². The molecule has 0 aromatic heterocycles. The highest BCUT2D eigenvalue weighted by molar-refractivity contribution is 5.78. The number of methoxy groups -OCH3 is 1. The molecule has 1 aromatic rings. The molecular weight excluding hydrogens is 300 g/mol. The van der Waals surface area contributed by atoms with Gasteiger partial charge in [0.25, 0.3) is 11.6 Å². The Morgan fingerprint density at radius 3 is 2.57 bits per heavy atom. The van der Waals surface area contributed by atoms with Crippen molar-refractivity contribution in [1.29, 1.82) is 0 Å². The van der Waals surface area contributed by atoms with E-state index in [1.807, 2.05) is 0 Å². The number of hydrogen-bond acceptors (Lipinski definition) is 5. The second-order valence-electron chi connectivity index (χ2n) is 5.64. The number of rotatable bonds is 6. The number of nitro benzene ring substituents is 1. The van der Waals surface area contributed by atoms with Crippen LogP contribution in [0.15, 0.2) is 18.2 Å². The van der Waals surface area contributed by atoms with Crippen LogP contribution in [0.4, 0.5) is 5.69 Å². The molecule has 0 aliphatic heterocycles. The topological polar surface area (TPSA) is 90.7 Å². The van der Waals surface area contributed by atoms with Crippen molar-refractivity contribution in [2.75, 3.05) is 13.7 Å². The number of benzene rings is 1. The maximum Gasteiger partial charge on any atom is 0.273 e. The molecule has 1 aliphatic carbocycles. The highest BCUT2D eigenvalue weighted by atomic mass is 16.6. The third kappa shape index (κ3) is 5.12. The summed E-state index contributed by atoms with van der Waals surface area (Å²) in [5.74, 6) is 0.334. The summed E-state index contributed by atoms with van der Waals surface area (Å²) in [7, 11) is 1.44. The summed E-state index contributed by atoms with van der Waals surface area (Å²) in [6.07, 6.45) is 6.67. The van der Waals surface area contributed by atoms with Gasteiger partial charge in [0.2, 0.25) is 0 Å². The maximum atomic E-state index is 12.0. The average Bonchev–Trinajstić information content (AvgIpc) is 2.81. The van der Waals surface area contributed by atoms with E-state index in [0.717, 1.165) is 25.7 Å². The molecule has 0 unspecified atom stereocenters. The summed E-state index contributed by atoms with van der Waals surface area (Å²) in [5, 5.41) is 13.8. The number of nitro groups is 1. The first kappa shape index (κ1) is 17.1. The van der Waals surface area contributed by atoms with E-state index in [4.69, 9.17) is 9.47 Å². The van der Waals surface area contributed by atoms with Crippen molar-refractivity contribution in [3.63, 3.8) is 0 Å². The predicted octanol–water partition coefficient (Wildman–Crippen LogP) is 2.82. The van der Waals surface area contributed by atoms with Gasteiger partial charge in [0.05, 0.1) is 18.1 Å². The van der Waals surface area contributed by atoms with Gasteiger partial charge in [-0.1, -0.05) is 25.7 Å². The summed E-state index contributed by atoms with van der Waals surface area (Å²) < 4.78 is 10.5. The van der Waals surface area contributed by atoms with Crippen molar-refractivity contribution < 1.29 is 19.2 Å². The molecule has 126 valence electrons. The number of non-ortho nitro benzene ring substituents is 1. The Morgan fingerprint density at radius 2 is 1.96 bits per heavy atom. The summed E-state index contributed by atoms with van der Waals surface area (Å²) >= 11 is 0. The Kier molecular flexibility index (Phi) is 6.19. The summed E-state index contributed by atoms with van der Waals surface area (Å²) in [6, 6.07) is 4.24. The summed E-state index contributed by atoms with van der Waals surface area (Å²) in [6.45, 7) is -0.186. The van der Waals surface area contributed by atoms with Gasteiger partial charge in [-0.25, -0.2) is 0 Å². The lowest BCUT2D eigenvalue weighted by molar-refractivity contribution is -0.385. The second kappa shape index (κ2) is 8.36. The normalized spacial score (nSPS) is 15.5. The molecule has 0 bridgehead atoms. The summed E-state index contributed by atoms with van der Waals surface area (Å²) in [4.78, 5) is 22.3. The molecule has 1 aliphatic rings. The largest absolute Gasteiger partial charge is 0.493 e. The SMILES string of the molecule is COc1ccc([N+](=O)[O-])cc1OCC(=O)NC1CCCCCC1. The molecule has 7 heteroatoms. The molecule has 0 saturated heterocycles. The Hall–Kier alpha value is -2.31. The smallest absolute Gasteiger partial charge is 0.273 e. The van der Waals surface area contributed by atoms with Crippen LogP contribution >= 0.6 is 0 Å². The van der Waals surface area contributed by atoms with E-state index in [2.05, 4.69) is 5.32 Å². The Balaban J connectivity index is 1.92. The fourth-order valence-corrected chi connectivity index (χ4v) is 2.73. The van der Waals surface area contributed by atoms with Gasteiger partial charge in [0, 0.05) is 12.1 Å². The quantitative estimate of drug-likeness (QED) is 0.494. The first-order valence-corrected chi connectivity index (χ1v) is 7.84. The highest BCUT2D eigenvalue weighted by Gasteiger charge is 2.17. The monoisotopic (exact) mass is 322 g/mol. The van der Waals surface area contributed by atoms with Crippen molar-refractivity contribution in [3.8, 4) is 11.5 Å². The van der Waals surface area contributed by atoms with Gasteiger partial charge in [-0.15, -0.1) is 0 Å². The minimum atomic E-state index is -0.516. The summed E-state index contributed by atoms with van der Waals surface area (Å²) in [5.41, 5.74) is -0.107. The van der Waals surface area contributed by atoms with Crippen molar-refractivity contribution in [2.24, 2.45) is 0 Å². The molecule has 0 spiro atoms. The Bertz CT molecular complexity index is 553.